The van der Waals surface area contributed by atoms with Crippen LogP contribution in [0.3, 0.4) is 0 Å². The number of rotatable bonds is 4. The molecule has 0 aliphatic carbocycles. The van der Waals surface area contributed by atoms with Gasteiger partial charge in [0.2, 0.25) is 0 Å². The van der Waals surface area contributed by atoms with Gasteiger partial charge in [-0.15, -0.1) is 0 Å². The van der Waals surface area contributed by atoms with Crippen LogP contribution in [0, 0.1) is 13.8 Å². The van der Waals surface area contributed by atoms with Crippen molar-refractivity contribution >= 4 is 15.7 Å². The molecule has 0 bridgehead atoms. The van der Waals surface area contributed by atoms with Crippen LogP contribution >= 0.6 is 0 Å². The first-order valence-corrected chi connectivity index (χ1v) is 7.50. The molecule has 5 nitrogen and oxygen atoms in total. The summed E-state index contributed by atoms with van der Waals surface area (Å²) in [6.07, 6.45) is 3.14. The Bertz CT molecular complexity index is 727. The number of nitrogens with zero attached hydrogens (tertiary/aromatic N) is 1. The molecule has 0 atom stereocenters. The summed E-state index contributed by atoms with van der Waals surface area (Å²) in [6.45, 7) is 3.65. The molecule has 106 valence electrons. The molecule has 0 fully saturated rings. The first-order valence-electron chi connectivity index (χ1n) is 6.01. The summed E-state index contributed by atoms with van der Waals surface area (Å²) in [4.78, 5) is 4.15. The predicted octanol–water partition coefficient (Wildman–Crippen LogP) is 2.51. The van der Waals surface area contributed by atoms with E-state index in [4.69, 9.17) is 4.74 Å². The Morgan fingerprint density at radius 1 is 1.15 bits per heavy atom. The topological polar surface area (TPSA) is 68.3 Å². The van der Waals surface area contributed by atoms with Gasteiger partial charge in [-0.1, -0.05) is 0 Å². The zero-order valence-electron chi connectivity index (χ0n) is 11.5. The number of benzene rings is 1. The highest BCUT2D eigenvalue weighted by Gasteiger charge is 2.15. The van der Waals surface area contributed by atoms with Crippen molar-refractivity contribution in [2.75, 3.05) is 11.8 Å². The molecule has 0 spiro atoms. The Hall–Kier alpha value is -2.08. The minimum atomic E-state index is -3.62. The van der Waals surface area contributed by atoms with E-state index in [0.717, 1.165) is 11.1 Å². The van der Waals surface area contributed by atoms with Crippen LogP contribution in [0.5, 0.6) is 5.75 Å². The van der Waals surface area contributed by atoms with E-state index in [1.807, 2.05) is 6.92 Å². The Morgan fingerprint density at radius 3 is 2.50 bits per heavy atom. The summed E-state index contributed by atoms with van der Waals surface area (Å²) in [5.74, 6) is 0.654. The van der Waals surface area contributed by atoms with Gasteiger partial charge in [0.25, 0.3) is 10.0 Å². The normalized spacial score (nSPS) is 11.2. The Labute approximate surface area is 118 Å². The van der Waals surface area contributed by atoms with Gasteiger partial charge in [-0.05, 0) is 49.2 Å². The second-order valence-corrected chi connectivity index (χ2v) is 6.17. The van der Waals surface area contributed by atoms with Crippen LogP contribution in [0.2, 0.25) is 0 Å². The molecular formula is C14H16N2O3S. The van der Waals surface area contributed by atoms with Gasteiger partial charge >= 0.3 is 0 Å². The van der Waals surface area contributed by atoms with Gasteiger partial charge in [-0.2, -0.15) is 0 Å². The maximum absolute atomic E-state index is 12.3. The molecule has 0 radical (unpaired) electrons. The van der Waals surface area contributed by atoms with Gasteiger partial charge in [-0.25, -0.2) is 8.42 Å². The molecule has 1 heterocycles. The smallest absolute Gasteiger partial charge is 0.261 e. The molecule has 0 unspecified atom stereocenters. The van der Waals surface area contributed by atoms with Crippen molar-refractivity contribution in [3.8, 4) is 5.75 Å². The van der Waals surface area contributed by atoms with E-state index in [9.17, 15) is 8.42 Å². The average Bonchev–Trinajstić information content (AvgIpc) is 2.38. The highest BCUT2D eigenvalue weighted by atomic mass is 32.2. The fourth-order valence-electron chi connectivity index (χ4n) is 1.84. The summed E-state index contributed by atoms with van der Waals surface area (Å²) in [5, 5.41) is 0. The third-order valence-electron chi connectivity index (χ3n) is 2.80. The summed E-state index contributed by atoms with van der Waals surface area (Å²) >= 11 is 0. The van der Waals surface area contributed by atoms with Crippen LogP contribution in [-0.2, 0) is 10.0 Å². The zero-order valence-corrected chi connectivity index (χ0v) is 12.4. The number of sulfonamides is 1. The maximum atomic E-state index is 12.3. The monoisotopic (exact) mass is 292 g/mol. The van der Waals surface area contributed by atoms with E-state index in [1.165, 1.54) is 12.3 Å². The highest BCUT2D eigenvalue weighted by molar-refractivity contribution is 7.92. The highest BCUT2D eigenvalue weighted by Crippen LogP contribution is 2.23. The van der Waals surface area contributed by atoms with E-state index in [1.54, 1.807) is 38.4 Å². The molecule has 20 heavy (non-hydrogen) atoms. The number of aromatic nitrogens is 1. The van der Waals surface area contributed by atoms with Crippen molar-refractivity contribution < 1.29 is 13.2 Å². The van der Waals surface area contributed by atoms with E-state index >= 15 is 0 Å². The van der Waals surface area contributed by atoms with Crippen LogP contribution in [0.25, 0.3) is 0 Å². The molecule has 0 aliphatic heterocycles. The van der Waals surface area contributed by atoms with Crippen LogP contribution in [-0.4, -0.2) is 20.5 Å². The fourth-order valence-corrected chi connectivity index (χ4v) is 2.96. The molecule has 1 aromatic carbocycles. The molecule has 0 aliphatic rings. The molecule has 0 saturated carbocycles. The van der Waals surface area contributed by atoms with E-state index in [-0.39, 0.29) is 4.90 Å². The number of hydrogen-bond acceptors (Lipinski definition) is 4. The third kappa shape index (κ3) is 3.08. The molecule has 6 heteroatoms. The van der Waals surface area contributed by atoms with Crippen molar-refractivity contribution in [1.82, 2.24) is 4.98 Å². The van der Waals surface area contributed by atoms with Gasteiger partial charge in [0.05, 0.1) is 23.9 Å². The number of hydrogen-bond donors (Lipinski definition) is 1. The summed E-state index contributed by atoms with van der Waals surface area (Å²) < 4.78 is 32.2. The molecule has 1 aromatic heterocycles. The molecule has 1 N–H and O–H groups in total. The molecule has 2 rings (SSSR count). The maximum Gasteiger partial charge on any atom is 0.261 e. The number of methoxy groups -OCH3 is 1. The number of anilines is 1. The lowest BCUT2D eigenvalue weighted by molar-refractivity contribution is 0.411. The second kappa shape index (κ2) is 5.50. The lowest BCUT2D eigenvalue weighted by atomic mass is 10.2. The largest absolute Gasteiger partial charge is 0.496 e. The van der Waals surface area contributed by atoms with Gasteiger partial charge in [0.15, 0.2) is 0 Å². The minimum absolute atomic E-state index is 0.192. The van der Waals surface area contributed by atoms with Gasteiger partial charge in [0.1, 0.15) is 5.75 Å². The fraction of sp³-hybridized carbons (Fsp3) is 0.214. The Balaban J connectivity index is 2.33. The zero-order chi connectivity index (χ0) is 14.8. The molecule has 0 amide bonds. The van der Waals surface area contributed by atoms with Crippen molar-refractivity contribution in [3.63, 3.8) is 0 Å². The van der Waals surface area contributed by atoms with Gasteiger partial charge in [-0.3, -0.25) is 9.71 Å². The number of ether oxygens (including phenoxy) is 1. The van der Waals surface area contributed by atoms with Crippen molar-refractivity contribution in [2.24, 2.45) is 0 Å². The third-order valence-corrected chi connectivity index (χ3v) is 4.18. The molecule has 0 saturated heterocycles. The predicted molar refractivity (Wildman–Crippen MR) is 77.5 cm³/mol. The first-order chi connectivity index (χ1) is 9.42. The van der Waals surface area contributed by atoms with Gasteiger partial charge < -0.3 is 4.74 Å². The Morgan fingerprint density at radius 2 is 1.90 bits per heavy atom. The average molecular weight is 292 g/mol. The minimum Gasteiger partial charge on any atom is -0.496 e. The number of aryl methyl sites for hydroxylation is 2. The standard InChI is InChI=1S/C14H16N2O3S/c1-10-6-12(9-15-8-10)16-20(17,18)13-4-5-14(19-3)11(2)7-13/h4-9,16H,1-3H3. The number of nitrogens with one attached hydrogen (secondary N) is 1. The van der Waals surface area contributed by atoms with Crippen molar-refractivity contribution in [1.29, 1.82) is 0 Å². The second-order valence-electron chi connectivity index (χ2n) is 4.49. The van der Waals surface area contributed by atoms with Crippen molar-refractivity contribution in [2.45, 2.75) is 18.7 Å². The van der Waals surface area contributed by atoms with E-state index in [0.29, 0.717) is 11.4 Å². The molecular weight excluding hydrogens is 276 g/mol. The lowest BCUT2D eigenvalue weighted by Crippen LogP contribution is -2.13. The van der Waals surface area contributed by atoms with Crippen LogP contribution in [0.15, 0.2) is 41.6 Å². The van der Waals surface area contributed by atoms with E-state index in [2.05, 4.69) is 9.71 Å². The summed E-state index contributed by atoms with van der Waals surface area (Å²) in [7, 11) is -2.07. The summed E-state index contributed by atoms with van der Waals surface area (Å²) in [6, 6.07) is 6.45. The van der Waals surface area contributed by atoms with Crippen LogP contribution in [0.4, 0.5) is 5.69 Å². The van der Waals surface area contributed by atoms with Crippen molar-refractivity contribution in [3.05, 3.63) is 47.8 Å². The molecule has 2 aromatic rings. The number of pyridine rings is 1. The summed E-state index contributed by atoms with van der Waals surface area (Å²) in [5.41, 5.74) is 2.09. The SMILES string of the molecule is COc1ccc(S(=O)(=O)Nc2cncc(C)c2)cc1C. The van der Waals surface area contributed by atoms with Crippen LogP contribution in [0.1, 0.15) is 11.1 Å². The van der Waals surface area contributed by atoms with Gasteiger partial charge in [0, 0.05) is 6.20 Å². The van der Waals surface area contributed by atoms with E-state index < -0.39 is 10.0 Å². The van der Waals surface area contributed by atoms with Crippen LogP contribution < -0.4 is 9.46 Å². The lowest BCUT2D eigenvalue weighted by Gasteiger charge is -2.10. The quantitative estimate of drug-likeness (QED) is 0.940. The Kier molecular flexibility index (Phi) is 3.94. The first kappa shape index (κ1) is 14.3.